The van der Waals surface area contributed by atoms with Gasteiger partial charge in [0, 0.05) is 21.3 Å². The molecule has 1 aliphatic heterocycles. The molecule has 1 heterocycles. The number of thioether (sulfide) groups is 1. The molecule has 0 bridgehead atoms. The van der Waals surface area contributed by atoms with Crippen LogP contribution in [0, 0.1) is 6.92 Å². The van der Waals surface area contributed by atoms with Crippen molar-refractivity contribution in [2.45, 2.75) is 20.5 Å². The summed E-state index contributed by atoms with van der Waals surface area (Å²) in [5.41, 5.74) is 2.77. The molecular formula is C28H23BrCl2N2O5S. The highest BCUT2D eigenvalue weighted by molar-refractivity contribution is 9.10. The monoisotopic (exact) mass is 648 g/mol. The van der Waals surface area contributed by atoms with Gasteiger partial charge in [-0.3, -0.25) is 19.3 Å². The van der Waals surface area contributed by atoms with Crippen LogP contribution < -0.4 is 14.8 Å². The van der Waals surface area contributed by atoms with E-state index < -0.39 is 23.6 Å². The number of ether oxygens (including phenoxy) is 2. The first-order valence-electron chi connectivity index (χ1n) is 11.8. The van der Waals surface area contributed by atoms with Gasteiger partial charge in [-0.15, -0.1) is 0 Å². The summed E-state index contributed by atoms with van der Waals surface area (Å²) in [6.07, 6.45) is 1.58. The van der Waals surface area contributed by atoms with Gasteiger partial charge in [0.1, 0.15) is 13.2 Å². The molecule has 0 unspecified atom stereocenters. The molecule has 11 heteroatoms. The van der Waals surface area contributed by atoms with E-state index in [4.69, 9.17) is 32.7 Å². The first-order chi connectivity index (χ1) is 18.7. The maximum absolute atomic E-state index is 13.0. The number of aryl methyl sites for hydroxylation is 1. The fraction of sp³-hybridized carbons (Fsp3) is 0.179. The van der Waals surface area contributed by atoms with Crippen LogP contribution in [0.15, 0.2) is 64.0 Å². The van der Waals surface area contributed by atoms with Crippen LogP contribution in [0.2, 0.25) is 10.0 Å². The molecule has 0 saturated carbocycles. The predicted octanol–water partition coefficient (Wildman–Crippen LogP) is 7.72. The normalized spacial score (nSPS) is 14.2. The Hall–Kier alpha value is -2.98. The van der Waals surface area contributed by atoms with Crippen molar-refractivity contribution in [1.82, 2.24) is 4.90 Å². The van der Waals surface area contributed by atoms with Crippen molar-refractivity contribution in [3.63, 3.8) is 0 Å². The number of rotatable bonds is 9. The number of hydrogen-bond donors (Lipinski definition) is 1. The molecule has 1 saturated heterocycles. The topological polar surface area (TPSA) is 84.9 Å². The maximum Gasteiger partial charge on any atom is 0.294 e. The highest BCUT2D eigenvalue weighted by Crippen LogP contribution is 2.40. The van der Waals surface area contributed by atoms with E-state index in [9.17, 15) is 14.4 Å². The van der Waals surface area contributed by atoms with Crippen LogP contribution in [0.5, 0.6) is 11.5 Å². The molecule has 0 spiro atoms. The molecule has 4 rings (SSSR count). The molecule has 1 fully saturated rings. The van der Waals surface area contributed by atoms with Gasteiger partial charge in [0.2, 0.25) is 5.91 Å². The van der Waals surface area contributed by atoms with Crippen molar-refractivity contribution >= 4 is 79.7 Å². The second kappa shape index (κ2) is 12.9. The van der Waals surface area contributed by atoms with E-state index in [2.05, 4.69) is 21.2 Å². The SMILES string of the molecule is CCOc1cc(/C=C2/SC(=O)N(CC(=O)Nc3ccc(C)c(Cl)c3)C2=O)cc(Br)c1OCc1ccccc1Cl. The van der Waals surface area contributed by atoms with Gasteiger partial charge < -0.3 is 14.8 Å². The molecule has 1 N–H and O–H groups in total. The average Bonchev–Trinajstić information content (AvgIpc) is 3.14. The van der Waals surface area contributed by atoms with E-state index >= 15 is 0 Å². The highest BCUT2D eigenvalue weighted by Gasteiger charge is 2.36. The Morgan fingerprint density at radius 3 is 2.56 bits per heavy atom. The number of carbonyl (C=O) groups excluding carboxylic acids is 3. The summed E-state index contributed by atoms with van der Waals surface area (Å²) in [7, 11) is 0. The largest absolute Gasteiger partial charge is 0.490 e. The summed E-state index contributed by atoms with van der Waals surface area (Å²) in [5, 5.41) is 3.22. The molecule has 0 atom stereocenters. The lowest BCUT2D eigenvalue weighted by atomic mass is 10.1. The minimum absolute atomic E-state index is 0.185. The zero-order valence-corrected chi connectivity index (χ0v) is 24.8. The number of halogens is 3. The van der Waals surface area contributed by atoms with Crippen molar-refractivity contribution in [3.8, 4) is 11.5 Å². The molecule has 3 amide bonds. The van der Waals surface area contributed by atoms with Crippen molar-refractivity contribution in [2.75, 3.05) is 18.5 Å². The van der Waals surface area contributed by atoms with Gasteiger partial charge in [0.15, 0.2) is 11.5 Å². The molecule has 202 valence electrons. The van der Waals surface area contributed by atoms with Crippen molar-refractivity contribution in [3.05, 3.63) is 90.7 Å². The Bertz CT molecular complexity index is 1480. The lowest BCUT2D eigenvalue weighted by Crippen LogP contribution is -2.36. The third-order valence-electron chi connectivity index (χ3n) is 5.59. The van der Waals surface area contributed by atoms with Gasteiger partial charge in [-0.2, -0.15) is 0 Å². The molecular weight excluding hydrogens is 627 g/mol. The predicted molar refractivity (Wildman–Crippen MR) is 159 cm³/mol. The molecule has 0 aromatic heterocycles. The first kappa shape index (κ1) is 29.0. The van der Waals surface area contributed by atoms with E-state index in [-0.39, 0.29) is 11.5 Å². The minimum atomic E-state index is -0.560. The number of nitrogens with one attached hydrogen (secondary N) is 1. The lowest BCUT2D eigenvalue weighted by Gasteiger charge is -2.15. The molecule has 0 radical (unpaired) electrons. The molecule has 3 aromatic rings. The Kier molecular flexibility index (Phi) is 9.61. The Morgan fingerprint density at radius 2 is 1.85 bits per heavy atom. The summed E-state index contributed by atoms with van der Waals surface area (Å²) in [6.45, 7) is 3.89. The van der Waals surface area contributed by atoms with Crippen LogP contribution in [0.25, 0.3) is 6.08 Å². The summed E-state index contributed by atoms with van der Waals surface area (Å²) in [4.78, 5) is 39.2. The van der Waals surface area contributed by atoms with Crippen LogP contribution >= 0.6 is 50.9 Å². The van der Waals surface area contributed by atoms with E-state index in [0.717, 1.165) is 27.8 Å². The third-order valence-corrected chi connectivity index (χ3v) is 7.86. The first-order valence-corrected chi connectivity index (χ1v) is 14.2. The number of nitrogens with zero attached hydrogens (tertiary/aromatic N) is 1. The number of imide groups is 1. The zero-order valence-electron chi connectivity index (χ0n) is 20.9. The standard InChI is InChI=1S/C28H23BrCl2N2O5S/c1-3-37-23-11-17(10-20(29)26(23)38-15-18-6-4-5-7-21(18)30)12-24-27(35)33(28(36)39-24)14-25(34)32-19-9-8-16(2)22(31)13-19/h4-13H,3,14-15H2,1-2H3,(H,32,34)/b24-12+. The summed E-state index contributed by atoms with van der Waals surface area (Å²) in [6, 6.07) is 15.9. The molecule has 39 heavy (non-hydrogen) atoms. The van der Waals surface area contributed by atoms with Crippen LogP contribution in [-0.4, -0.2) is 35.1 Å². The maximum atomic E-state index is 13.0. The Morgan fingerprint density at radius 1 is 1.08 bits per heavy atom. The zero-order chi connectivity index (χ0) is 28.1. The van der Waals surface area contributed by atoms with Gasteiger partial charge in [-0.25, -0.2) is 0 Å². The van der Waals surface area contributed by atoms with Crippen LogP contribution in [0.3, 0.4) is 0 Å². The number of benzene rings is 3. The summed E-state index contributed by atoms with van der Waals surface area (Å²) >= 11 is 16.6. The smallest absolute Gasteiger partial charge is 0.294 e. The Labute approximate surface area is 248 Å². The third kappa shape index (κ3) is 7.16. The number of hydrogen-bond acceptors (Lipinski definition) is 6. The fourth-order valence-corrected chi connectivity index (χ4v) is 5.43. The van der Waals surface area contributed by atoms with Crippen molar-refractivity contribution in [2.24, 2.45) is 0 Å². The van der Waals surface area contributed by atoms with Gasteiger partial charge >= 0.3 is 0 Å². The number of carbonyl (C=O) groups is 3. The van der Waals surface area contributed by atoms with E-state index in [0.29, 0.717) is 43.9 Å². The number of amides is 3. The van der Waals surface area contributed by atoms with E-state index in [1.165, 1.54) is 0 Å². The van der Waals surface area contributed by atoms with Crippen molar-refractivity contribution < 1.29 is 23.9 Å². The second-order valence-electron chi connectivity index (χ2n) is 8.42. The second-order valence-corrected chi connectivity index (χ2v) is 11.1. The average molecular weight is 650 g/mol. The highest BCUT2D eigenvalue weighted by atomic mass is 79.9. The van der Waals surface area contributed by atoms with Crippen molar-refractivity contribution in [1.29, 1.82) is 0 Å². The summed E-state index contributed by atoms with van der Waals surface area (Å²) in [5.74, 6) is -0.134. The molecule has 1 aliphatic rings. The lowest BCUT2D eigenvalue weighted by molar-refractivity contribution is -0.127. The van der Waals surface area contributed by atoms with Gasteiger partial charge in [0.25, 0.3) is 11.1 Å². The van der Waals surface area contributed by atoms with Crippen LogP contribution in [0.4, 0.5) is 10.5 Å². The van der Waals surface area contributed by atoms with Gasteiger partial charge in [0.05, 0.1) is 16.0 Å². The molecule has 7 nitrogen and oxygen atoms in total. The molecule has 0 aliphatic carbocycles. The fourth-order valence-electron chi connectivity index (χ4n) is 3.64. The van der Waals surface area contributed by atoms with E-state index in [1.54, 1.807) is 42.5 Å². The van der Waals surface area contributed by atoms with Gasteiger partial charge in [-0.1, -0.05) is 47.5 Å². The molecule has 3 aromatic carbocycles. The summed E-state index contributed by atoms with van der Waals surface area (Å²) < 4.78 is 12.4. The van der Waals surface area contributed by atoms with Gasteiger partial charge in [-0.05, 0) is 89.1 Å². The number of anilines is 1. The minimum Gasteiger partial charge on any atom is -0.490 e. The van der Waals surface area contributed by atoms with Crippen LogP contribution in [-0.2, 0) is 16.2 Å². The van der Waals surface area contributed by atoms with E-state index in [1.807, 2.05) is 32.0 Å². The van der Waals surface area contributed by atoms with Crippen LogP contribution in [0.1, 0.15) is 23.6 Å². The quantitative estimate of drug-likeness (QED) is 0.239. The Balaban J connectivity index is 1.49.